The van der Waals surface area contributed by atoms with Gasteiger partial charge in [0, 0.05) is 43.3 Å². The van der Waals surface area contributed by atoms with Gasteiger partial charge in [-0.25, -0.2) is 4.39 Å². The molecule has 0 N–H and O–H groups in total. The first kappa shape index (κ1) is 29.9. The third-order valence-corrected chi connectivity index (χ3v) is 8.24. The van der Waals surface area contributed by atoms with Crippen LogP contribution in [-0.2, 0) is 16.1 Å². The maximum absolute atomic E-state index is 14.2. The molecule has 0 spiro atoms. The maximum Gasteiger partial charge on any atom is 0.258 e. The lowest BCUT2D eigenvalue weighted by Gasteiger charge is -2.33. The van der Waals surface area contributed by atoms with E-state index in [0.29, 0.717) is 55.5 Å². The first-order chi connectivity index (χ1) is 20.5. The van der Waals surface area contributed by atoms with Gasteiger partial charge in [0.25, 0.3) is 5.91 Å². The van der Waals surface area contributed by atoms with Gasteiger partial charge < -0.3 is 24.0 Å². The van der Waals surface area contributed by atoms with Crippen molar-refractivity contribution in [1.82, 2.24) is 4.90 Å². The van der Waals surface area contributed by atoms with E-state index in [2.05, 4.69) is 4.90 Å². The third-order valence-electron chi connectivity index (χ3n) is 8.24. The van der Waals surface area contributed by atoms with Crippen molar-refractivity contribution in [2.75, 3.05) is 51.4 Å². The Hall–Kier alpha value is -3.59. The molecule has 7 nitrogen and oxygen atoms in total. The van der Waals surface area contributed by atoms with Crippen molar-refractivity contribution in [3.05, 3.63) is 95.3 Å². The van der Waals surface area contributed by atoms with Crippen LogP contribution in [0.15, 0.2) is 72.8 Å². The molecule has 3 aromatic carbocycles. The van der Waals surface area contributed by atoms with E-state index in [4.69, 9.17) is 14.2 Å². The van der Waals surface area contributed by atoms with Crippen LogP contribution in [0.5, 0.6) is 5.75 Å². The van der Waals surface area contributed by atoms with Crippen molar-refractivity contribution in [3.63, 3.8) is 0 Å². The van der Waals surface area contributed by atoms with Crippen LogP contribution in [0.25, 0.3) is 0 Å². The van der Waals surface area contributed by atoms with Gasteiger partial charge in [0.2, 0.25) is 0 Å². The molecule has 2 heterocycles. The number of nitrogens with zero attached hydrogens (tertiary/aromatic N) is 2. The summed E-state index contributed by atoms with van der Waals surface area (Å²) in [7, 11) is 1.61. The number of carbonyl (C=O) groups is 2. The first-order valence-electron chi connectivity index (χ1n) is 14.8. The molecule has 0 unspecified atom stereocenters. The largest absolute Gasteiger partial charge is 0.495 e. The second-order valence-corrected chi connectivity index (χ2v) is 10.9. The summed E-state index contributed by atoms with van der Waals surface area (Å²) in [5, 5.41) is 0. The molecule has 3 aromatic rings. The molecule has 0 atom stereocenters. The number of piperidine rings is 1. The molecule has 0 aliphatic carbocycles. The number of ether oxygens (including phenoxy) is 3. The number of methoxy groups -OCH3 is 1. The molecule has 2 saturated heterocycles. The van der Waals surface area contributed by atoms with Gasteiger partial charge in [-0.05, 0) is 86.8 Å². The Morgan fingerprint density at radius 1 is 0.929 bits per heavy atom. The van der Waals surface area contributed by atoms with Crippen molar-refractivity contribution in [1.29, 1.82) is 0 Å². The van der Waals surface area contributed by atoms with Crippen LogP contribution < -0.4 is 9.64 Å². The second-order valence-electron chi connectivity index (χ2n) is 10.9. The summed E-state index contributed by atoms with van der Waals surface area (Å²) < 4.78 is 30.6. The van der Waals surface area contributed by atoms with Crippen molar-refractivity contribution >= 4 is 17.4 Å². The molecule has 2 aliphatic heterocycles. The van der Waals surface area contributed by atoms with Crippen molar-refractivity contribution in [3.8, 4) is 5.75 Å². The average molecular weight is 575 g/mol. The van der Waals surface area contributed by atoms with E-state index in [1.807, 2.05) is 48.5 Å². The molecule has 0 aromatic heterocycles. The quantitative estimate of drug-likeness (QED) is 0.271. The minimum absolute atomic E-state index is 0.0695. The highest BCUT2D eigenvalue weighted by Crippen LogP contribution is 2.30. The minimum Gasteiger partial charge on any atom is -0.495 e. The lowest BCUT2D eigenvalue weighted by Crippen LogP contribution is -2.43. The zero-order valence-corrected chi connectivity index (χ0v) is 24.2. The predicted molar refractivity (Wildman–Crippen MR) is 160 cm³/mol. The Labute approximate surface area is 247 Å². The highest BCUT2D eigenvalue weighted by atomic mass is 19.1. The van der Waals surface area contributed by atoms with Crippen LogP contribution in [0.2, 0.25) is 0 Å². The lowest BCUT2D eigenvalue weighted by molar-refractivity contribution is -0.0391. The molecule has 0 bridgehead atoms. The summed E-state index contributed by atoms with van der Waals surface area (Å²) in [6.45, 7) is 4.38. The molecule has 8 heteroatoms. The van der Waals surface area contributed by atoms with Gasteiger partial charge in [0.05, 0.1) is 25.5 Å². The van der Waals surface area contributed by atoms with Crippen LogP contribution >= 0.6 is 0 Å². The number of benzene rings is 3. The summed E-state index contributed by atoms with van der Waals surface area (Å²) in [6, 6.07) is 21.0. The number of hydrogen-bond acceptors (Lipinski definition) is 6. The van der Waals surface area contributed by atoms with Crippen LogP contribution in [0, 0.1) is 11.7 Å². The van der Waals surface area contributed by atoms with E-state index in [-0.39, 0.29) is 29.5 Å². The normalized spacial score (nSPS) is 16.7. The molecule has 2 aliphatic rings. The highest BCUT2D eigenvalue weighted by Gasteiger charge is 2.28. The molecule has 2 fully saturated rings. The first-order valence-corrected chi connectivity index (χ1v) is 14.8. The Kier molecular flexibility index (Phi) is 10.3. The molecule has 0 radical (unpaired) electrons. The SMILES string of the molecule is COc1ccccc1N(CCN1CCC(C(=O)c2ccc(F)cc2)CC1)C(=O)c1ccccc1COC1CCOCC1. The lowest BCUT2D eigenvalue weighted by atomic mass is 9.89. The third kappa shape index (κ3) is 7.43. The predicted octanol–water partition coefficient (Wildman–Crippen LogP) is 5.77. The van der Waals surface area contributed by atoms with E-state index >= 15 is 0 Å². The van der Waals surface area contributed by atoms with E-state index in [0.717, 1.165) is 44.3 Å². The van der Waals surface area contributed by atoms with Crippen molar-refractivity contribution in [2.24, 2.45) is 5.92 Å². The molecule has 222 valence electrons. The fraction of sp³-hybridized carbons (Fsp3) is 0.412. The Morgan fingerprint density at radius 2 is 1.62 bits per heavy atom. The van der Waals surface area contributed by atoms with Gasteiger partial charge in [-0.15, -0.1) is 0 Å². The zero-order chi connectivity index (χ0) is 29.3. The standard InChI is InChI=1S/C34H39FN2O5/c1-40-32-9-5-4-8-31(32)37(34(39)30-7-3-2-6-27(30)24-42-29-16-22-41-23-17-29)21-20-36-18-14-26(15-19-36)33(38)25-10-12-28(35)13-11-25/h2-13,26,29H,14-24H2,1H3. The number of amides is 1. The number of likely N-dealkylation sites (tertiary alicyclic amines) is 1. The van der Waals surface area contributed by atoms with Crippen LogP contribution in [-0.4, -0.2) is 69.2 Å². The van der Waals surface area contributed by atoms with Crippen molar-refractivity contribution in [2.45, 2.75) is 38.4 Å². The van der Waals surface area contributed by atoms with E-state index in [9.17, 15) is 14.0 Å². The van der Waals surface area contributed by atoms with Gasteiger partial charge in [0.1, 0.15) is 11.6 Å². The van der Waals surface area contributed by atoms with E-state index in [1.165, 1.54) is 12.1 Å². The van der Waals surface area contributed by atoms with Gasteiger partial charge >= 0.3 is 0 Å². The Morgan fingerprint density at radius 3 is 2.36 bits per heavy atom. The van der Waals surface area contributed by atoms with Gasteiger partial charge in [-0.2, -0.15) is 0 Å². The highest BCUT2D eigenvalue weighted by molar-refractivity contribution is 6.07. The Bertz CT molecular complexity index is 1330. The Balaban J connectivity index is 1.27. The fourth-order valence-corrected chi connectivity index (χ4v) is 5.74. The number of Topliss-reactive ketones (excluding diaryl/α,β-unsaturated/α-hetero) is 1. The summed E-state index contributed by atoms with van der Waals surface area (Å²) in [5.41, 5.74) is 2.74. The zero-order valence-electron chi connectivity index (χ0n) is 24.2. The number of halogens is 1. The maximum atomic E-state index is 14.2. The summed E-state index contributed by atoms with van der Waals surface area (Å²) in [5.74, 6) is 0.170. The van der Waals surface area contributed by atoms with E-state index < -0.39 is 0 Å². The van der Waals surface area contributed by atoms with Gasteiger partial charge in [-0.1, -0.05) is 30.3 Å². The molecular formula is C34H39FN2O5. The van der Waals surface area contributed by atoms with Crippen molar-refractivity contribution < 1.29 is 28.2 Å². The van der Waals surface area contributed by atoms with E-state index in [1.54, 1.807) is 24.1 Å². The van der Waals surface area contributed by atoms with Crippen LogP contribution in [0.1, 0.15) is 52.0 Å². The number of para-hydroxylation sites is 2. The smallest absolute Gasteiger partial charge is 0.258 e. The molecule has 0 saturated carbocycles. The number of rotatable bonds is 11. The molecule has 5 rings (SSSR count). The fourth-order valence-electron chi connectivity index (χ4n) is 5.74. The number of hydrogen-bond donors (Lipinski definition) is 0. The van der Waals surface area contributed by atoms with Gasteiger partial charge in [0.15, 0.2) is 5.78 Å². The average Bonchev–Trinajstić information content (AvgIpc) is 3.05. The van der Waals surface area contributed by atoms with Gasteiger partial charge in [-0.3, -0.25) is 9.59 Å². The number of carbonyl (C=O) groups excluding carboxylic acids is 2. The molecule has 42 heavy (non-hydrogen) atoms. The molecule has 1 amide bonds. The molecular weight excluding hydrogens is 535 g/mol. The number of anilines is 1. The topological polar surface area (TPSA) is 68.3 Å². The number of ketones is 1. The van der Waals surface area contributed by atoms with Crippen LogP contribution in [0.3, 0.4) is 0 Å². The minimum atomic E-state index is -0.343. The summed E-state index contributed by atoms with van der Waals surface area (Å²) in [6.07, 6.45) is 3.30. The monoisotopic (exact) mass is 574 g/mol. The second kappa shape index (κ2) is 14.5. The summed E-state index contributed by atoms with van der Waals surface area (Å²) >= 11 is 0. The summed E-state index contributed by atoms with van der Waals surface area (Å²) in [4.78, 5) is 31.2. The van der Waals surface area contributed by atoms with Crippen LogP contribution in [0.4, 0.5) is 10.1 Å².